The minimum absolute atomic E-state index is 0.124. The molecule has 0 saturated carbocycles. The highest BCUT2D eigenvalue weighted by atomic mass is 19.1. The summed E-state index contributed by atoms with van der Waals surface area (Å²) in [7, 11) is 0. The van der Waals surface area contributed by atoms with E-state index in [4.69, 9.17) is 14.8 Å². The van der Waals surface area contributed by atoms with Crippen molar-refractivity contribution < 1.29 is 23.6 Å². The molecule has 0 spiro atoms. The lowest BCUT2D eigenvalue weighted by Crippen LogP contribution is -2.48. The Kier molecular flexibility index (Phi) is 6.27. The lowest BCUT2D eigenvalue weighted by molar-refractivity contribution is -0.144. The minimum Gasteiger partial charge on any atom is -0.444 e. The normalized spacial score (nSPS) is 13.1. The van der Waals surface area contributed by atoms with Gasteiger partial charge < -0.3 is 14.9 Å². The number of nitrogens with one attached hydrogen (secondary N) is 1. The fourth-order valence-corrected chi connectivity index (χ4v) is 2.59. The first kappa shape index (κ1) is 21.9. The van der Waals surface area contributed by atoms with E-state index >= 15 is 0 Å². The number of aromatic nitrogens is 2. The summed E-state index contributed by atoms with van der Waals surface area (Å²) >= 11 is 0. The monoisotopic (exact) mass is 402 g/mol. The predicted octanol–water partition coefficient (Wildman–Crippen LogP) is 3.05. The molecule has 8 nitrogen and oxygen atoms in total. The Morgan fingerprint density at radius 2 is 2.00 bits per heavy atom. The number of hydrogen-bond acceptors (Lipinski definition) is 6. The van der Waals surface area contributed by atoms with Crippen LogP contribution in [0.2, 0.25) is 0 Å². The molecule has 0 saturated heterocycles. The summed E-state index contributed by atoms with van der Waals surface area (Å²) in [5.74, 6) is -1.27. The highest BCUT2D eigenvalue weighted by Gasteiger charge is 2.37. The number of amides is 1. The van der Waals surface area contributed by atoms with E-state index in [2.05, 4.69) is 10.3 Å². The molecule has 154 valence electrons. The van der Waals surface area contributed by atoms with Gasteiger partial charge in [0.1, 0.15) is 35.0 Å². The Morgan fingerprint density at radius 3 is 2.55 bits per heavy atom. The van der Waals surface area contributed by atoms with Gasteiger partial charge in [0.05, 0.1) is 11.8 Å². The van der Waals surface area contributed by atoms with Crippen LogP contribution in [0.3, 0.4) is 0 Å². The smallest absolute Gasteiger partial charge is 0.408 e. The number of ether oxygens (including phenoxy) is 1. The van der Waals surface area contributed by atoms with Crippen molar-refractivity contribution in [1.82, 2.24) is 15.0 Å². The molecule has 1 aromatic heterocycles. The van der Waals surface area contributed by atoms with Crippen molar-refractivity contribution in [2.75, 3.05) is 0 Å². The first-order chi connectivity index (χ1) is 13.5. The zero-order chi connectivity index (χ0) is 21.8. The Bertz CT molecular complexity index is 958. The second-order valence-corrected chi connectivity index (χ2v) is 7.48. The quantitative estimate of drug-likeness (QED) is 0.824. The van der Waals surface area contributed by atoms with E-state index < -0.39 is 29.0 Å². The van der Waals surface area contributed by atoms with E-state index in [-0.39, 0.29) is 17.7 Å². The maximum atomic E-state index is 14.3. The molecule has 1 heterocycles. The molecule has 1 aromatic carbocycles. The van der Waals surface area contributed by atoms with Crippen molar-refractivity contribution in [3.63, 3.8) is 0 Å². The van der Waals surface area contributed by atoms with E-state index in [9.17, 15) is 14.0 Å². The van der Waals surface area contributed by atoms with Crippen molar-refractivity contribution in [2.24, 2.45) is 0 Å². The van der Waals surface area contributed by atoms with Crippen LogP contribution in [-0.2, 0) is 15.1 Å². The van der Waals surface area contributed by atoms with Crippen molar-refractivity contribution in [3.8, 4) is 6.07 Å². The summed E-state index contributed by atoms with van der Waals surface area (Å²) in [5.41, 5.74) is -1.74. The molecular formula is C20H23FN4O4. The van der Waals surface area contributed by atoms with Gasteiger partial charge in [-0.25, -0.2) is 19.0 Å². The maximum Gasteiger partial charge on any atom is 0.408 e. The van der Waals surface area contributed by atoms with Crippen LogP contribution in [0.25, 0.3) is 0 Å². The van der Waals surface area contributed by atoms with Crippen LogP contribution in [0.4, 0.5) is 9.18 Å². The van der Waals surface area contributed by atoms with Gasteiger partial charge >= 0.3 is 12.1 Å². The Balaban J connectivity index is 2.56. The van der Waals surface area contributed by atoms with Crippen LogP contribution < -0.4 is 10.2 Å². The number of alkyl carbamates (subject to hydrolysis) is 1. The number of halogens is 1. The maximum absolute atomic E-state index is 14.3. The first-order valence-electron chi connectivity index (χ1n) is 8.95. The molecule has 0 radical (unpaired) electrons. The summed E-state index contributed by atoms with van der Waals surface area (Å²) in [4.78, 5) is 33.5. The molecule has 1 atom stereocenters. The van der Waals surface area contributed by atoms with Gasteiger partial charge in [-0.1, -0.05) is 13.0 Å². The fraction of sp³-hybridized carbons (Fsp3) is 0.400. The lowest BCUT2D eigenvalue weighted by Gasteiger charge is -2.32. The second kappa shape index (κ2) is 8.31. The average Bonchev–Trinajstić information content (AvgIpc) is 3.08. The van der Waals surface area contributed by atoms with E-state index in [0.717, 1.165) is 10.8 Å². The van der Waals surface area contributed by atoms with Crippen LogP contribution in [-0.4, -0.2) is 27.4 Å². The number of nitrogens with zero attached hydrogens (tertiary/aromatic N) is 3. The number of rotatable bonds is 5. The third-order valence-electron chi connectivity index (χ3n) is 4.02. The largest absolute Gasteiger partial charge is 0.444 e. The lowest BCUT2D eigenvalue weighted by atomic mass is 9.88. The summed E-state index contributed by atoms with van der Waals surface area (Å²) < 4.78 is 20.8. The van der Waals surface area contributed by atoms with Crippen LogP contribution in [0.5, 0.6) is 0 Å². The first-order valence-corrected chi connectivity index (χ1v) is 8.95. The van der Waals surface area contributed by atoms with Gasteiger partial charge in [-0.15, -0.1) is 0 Å². The Hall–Kier alpha value is -3.41. The van der Waals surface area contributed by atoms with E-state index in [0.29, 0.717) is 5.56 Å². The summed E-state index contributed by atoms with van der Waals surface area (Å²) in [6.45, 7) is 8.34. The van der Waals surface area contributed by atoms with E-state index in [1.807, 2.05) is 0 Å². The van der Waals surface area contributed by atoms with Crippen molar-refractivity contribution in [3.05, 3.63) is 53.4 Å². The molecule has 2 rings (SSSR count). The molecule has 0 aliphatic rings. The average molecular weight is 402 g/mol. The zero-order valence-corrected chi connectivity index (χ0v) is 16.9. The van der Waals surface area contributed by atoms with Gasteiger partial charge in [-0.2, -0.15) is 9.99 Å². The van der Waals surface area contributed by atoms with Gasteiger partial charge in [-0.05, 0) is 45.4 Å². The third-order valence-corrected chi connectivity index (χ3v) is 4.02. The Labute approximate surface area is 168 Å². The van der Waals surface area contributed by atoms with Crippen molar-refractivity contribution in [2.45, 2.75) is 52.2 Å². The van der Waals surface area contributed by atoms with E-state index in [1.165, 1.54) is 24.7 Å². The Morgan fingerprint density at radius 1 is 1.31 bits per heavy atom. The number of carbonyl (C=O) groups is 2. The third kappa shape index (κ3) is 5.10. The molecular weight excluding hydrogens is 379 g/mol. The predicted molar refractivity (Wildman–Crippen MR) is 101 cm³/mol. The highest BCUT2D eigenvalue weighted by Crippen LogP contribution is 2.30. The molecule has 2 aromatic rings. The molecule has 9 heteroatoms. The van der Waals surface area contributed by atoms with E-state index in [1.54, 1.807) is 40.7 Å². The molecule has 1 amide bonds. The molecule has 1 N–H and O–H groups in total. The molecule has 0 fully saturated rings. The number of nitriles is 1. The number of hydrogen-bond donors (Lipinski definition) is 1. The SMILES string of the molecule is CCC(=O)On1cncc1C(C)(NC(=O)OC(C)(C)C)c1ccc(C#N)c(F)c1. The molecule has 0 aliphatic heterocycles. The summed E-state index contributed by atoms with van der Waals surface area (Å²) in [6, 6.07) is 5.69. The number of imidazole rings is 1. The van der Waals surface area contributed by atoms with Gasteiger partial charge in [0, 0.05) is 6.42 Å². The summed E-state index contributed by atoms with van der Waals surface area (Å²) in [5, 5.41) is 11.7. The minimum atomic E-state index is -1.39. The molecule has 0 bridgehead atoms. The fourth-order valence-electron chi connectivity index (χ4n) is 2.59. The summed E-state index contributed by atoms with van der Waals surface area (Å²) in [6.07, 6.45) is 2.01. The molecule has 29 heavy (non-hydrogen) atoms. The van der Waals surface area contributed by atoms with Crippen LogP contribution in [0.15, 0.2) is 30.7 Å². The number of carbonyl (C=O) groups excluding carboxylic acids is 2. The van der Waals surface area contributed by atoms with Gasteiger partial charge in [-0.3, -0.25) is 0 Å². The molecule has 0 aliphatic carbocycles. The highest BCUT2D eigenvalue weighted by molar-refractivity contribution is 5.71. The van der Waals surface area contributed by atoms with Crippen molar-refractivity contribution >= 4 is 12.1 Å². The molecule has 1 unspecified atom stereocenters. The standard InChI is InChI=1S/C20H23FN4O4/c1-6-17(26)29-25-12-23-11-16(25)20(5,24-18(27)28-19(2,3)4)14-8-7-13(10-22)15(21)9-14/h7-9,11-12H,6H2,1-5H3,(H,24,27). The second-order valence-electron chi connectivity index (χ2n) is 7.48. The topological polar surface area (TPSA) is 106 Å². The van der Waals surface area contributed by atoms with Gasteiger partial charge in [0.15, 0.2) is 0 Å². The van der Waals surface area contributed by atoms with Gasteiger partial charge in [0.2, 0.25) is 0 Å². The van der Waals surface area contributed by atoms with Crippen LogP contribution in [0.1, 0.15) is 57.9 Å². The number of benzene rings is 1. The van der Waals surface area contributed by atoms with Crippen LogP contribution in [0, 0.1) is 17.1 Å². The van der Waals surface area contributed by atoms with Crippen molar-refractivity contribution in [1.29, 1.82) is 5.26 Å². The zero-order valence-electron chi connectivity index (χ0n) is 16.9. The van der Waals surface area contributed by atoms with Crippen LogP contribution >= 0.6 is 0 Å². The van der Waals surface area contributed by atoms with Gasteiger partial charge in [0.25, 0.3) is 0 Å².